The van der Waals surface area contributed by atoms with Gasteiger partial charge < -0.3 is 16.2 Å². The van der Waals surface area contributed by atoms with Crippen LogP contribution in [0, 0.1) is 13.8 Å². The van der Waals surface area contributed by atoms with Crippen molar-refractivity contribution in [2.24, 2.45) is 5.73 Å². The second-order valence-corrected chi connectivity index (χ2v) is 9.55. The molecule has 1 fully saturated rings. The Morgan fingerprint density at radius 2 is 1.81 bits per heavy atom. The maximum atomic E-state index is 13.1. The summed E-state index contributed by atoms with van der Waals surface area (Å²) in [4.78, 5) is 23.9. The van der Waals surface area contributed by atoms with Crippen LogP contribution in [0.25, 0.3) is 0 Å². The summed E-state index contributed by atoms with van der Waals surface area (Å²) in [6.45, 7) is 3.38. The van der Waals surface area contributed by atoms with Gasteiger partial charge in [0, 0.05) is 0 Å². The number of aryl methyl sites for hydroxylation is 2. The van der Waals surface area contributed by atoms with E-state index in [1.165, 1.54) is 6.07 Å². The average molecular weight is 394 g/mol. The third-order valence-corrected chi connectivity index (χ3v) is 7.87. The minimum atomic E-state index is -3.89. The van der Waals surface area contributed by atoms with Crippen molar-refractivity contribution < 1.29 is 23.1 Å². The Morgan fingerprint density at radius 1 is 1.23 bits per heavy atom. The third kappa shape index (κ3) is 3.13. The molecule has 2 aromatic rings. The lowest BCUT2D eigenvalue weighted by atomic mass is 10.2. The molecule has 1 aromatic heterocycles. The van der Waals surface area contributed by atoms with E-state index in [0.29, 0.717) is 24.0 Å². The number of hydrogen-bond acceptors (Lipinski definition) is 6. The molecule has 9 heteroatoms. The van der Waals surface area contributed by atoms with E-state index in [0.717, 1.165) is 11.3 Å². The number of aliphatic hydroxyl groups is 1. The van der Waals surface area contributed by atoms with Gasteiger partial charge in [0.15, 0.2) is 0 Å². The van der Waals surface area contributed by atoms with Crippen molar-refractivity contribution in [1.82, 2.24) is 0 Å². The number of nitrogens with two attached hydrogens (primary N) is 1. The first kappa shape index (κ1) is 18.6. The molecule has 2 amide bonds. The van der Waals surface area contributed by atoms with Gasteiger partial charge in [0.05, 0.1) is 10.5 Å². The molecule has 0 atom stereocenters. The zero-order valence-electron chi connectivity index (χ0n) is 14.2. The van der Waals surface area contributed by atoms with Crippen LogP contribution in [0.3, 0.4) is 0 Å². The van der Waals surface area contributed by atoms with Gasteiger partial charge in [-0.2, -0.15) is 0 Å². The van der Waals surface area contributed by atoms with Crippen molar-refractivity contribution in [1.29, 1.82) is 0 Å². The van der Waals surface area contributed by atoms with Crippen molar-refractivity contribution >= 4 is 38.0 Å². The molecular weight excluding hydrogens is 376 g/mol. The van der Waals surface area contributed by atoms with E-state index in [9.17, 15) is 23.1 Å². The van der Waals surface area contributed by atoms with E-state index >= 15 is 0 Å². The summed E-state index contributed by atoms with van der Waals surface area (Å²) in [5, 5.41) is 12.3. The van der Waals surface area contributed by atoms with Gasteiger partial charge in [-0.1, -0.05) is 18.2 Å². The average Bonchev–Trinajstić information content (AvgIpc) is 3.14. The summed E-state index contributed by atoms with van der Waals surface area (Å²) in [5.74, 6) is -1.53. The molecule has 1 aliphatic carbocycles. The molecular formula is C17H18N2O5S2. The molecule has 26 heavy (non-hydrogen) atoms. The summed E-state index contributed by atoms with van der Waals surface area (Å²) in [6, 6.07) is 6.30. The van der Waals surface area contributed by atoms with E-state index < -0.39 is 27.3 Å². The number of anilines is 1. The zero-order valence-corrected chi connectivity index (χ0v) is 15.8. The first-order chi connectivity index (χ1) is 12.1. The third-order valence-electron chi connectivity index (χ3n) is 4.29. The number of thiophene rings is 1. The maximum absolute atomic E-state index is 13.1. The first-order valence-corrected chi connectivity index (χ1v) is 10.1. The molecule has 1 saturated carbocycles. The van der Waals surface area contributed by atoms with Crippen molar-refractivity contribution in [3.8, 4) is 0 Å². The topological polar surface area (TPSA) is 127 Å². The number of hydrogen-bond donors (Lipinski definition) is 3. The Kier molecular flexibility index (Phi) is 4.41. The van der Waals surface area contributed by atoms with Gasteiger partial charge in [-0.25, -0.2) is 8.42 Å². The summed E-state index contributed by atoms with van der Waals surface area (Å²) in [6.07, 6.45) is 0.646. The van der Waals surface area contributed by atoms with Crippen LogP contribution in [0.2, 0.25) is 0 Å². The fourth-order valence-electron chi connectivity index (χ4n) is 2.67. The van der Waals surface area contributed by atoms with Crippen LogP contribution in [0.15, 0.2) is 33.4 Å². The molecule has 1 aromatic carbocycles. The van der Waals surface area contributed by atoms with Gasteiger partial charge in [0.2, 0.25) is 9.84 Å². The highest BCUT2D eigenvalue weighted by molar-refractivity contribution is 7.93. The number of sulfone groups is 1. The highest BCUT2D eigenvalue weighted by Gasteiger charge is 2.48. The fourth-order valence-corrected chi connectivity index (χ4v) is 5.85. The standard InChI is InChI=1S/C17H18N2O5S2/c1-9-4-3-5-10(2)13(9)26(23,24)12-8-11(14(18)20)15(25-12)19-16(21)17(22)6-7-17/h3-5,8,22H,6-7H2,1-2H3,(H2,18,20)(H,19,21). The zero-order chi connectivity index (χ0) is 19.3. The number of carbonyl (C=O) groups is 2. The molecule has 7 nitrogen and oxygen atoms in total. The Balaban J connectivity index is 2.07. The highest BCUT2D eigenvalue weighted by Crippen LogP contribution is 2.40. The predicted octanol–water partition coefficient (Wildman–Crippen LogP) is 1.76. The quantitative estimate of drug-likeness (QED) is 0.712. The number of rotatable bonds is 5. The Morgan fingerprint density at radius 3 is 2.31 bits per heavy atom. The van der Waals surface area contributed by atoms with Crippen LogP contribution in [0.5, 0.6) is 0 Å². The molecule has 0 bridgehead atoms. The number of carbonyl (C=O) groups excluding carboxylic acids is 2. The van der Waals surface area contributed by atoms with Crippen molar-refractivity contribution in [3.63, 3.8) is 0 Å². The SMILES string of the molecule is Cc1cccc(C)c1S(=O)(=O)c1cc(C(N)=O)c(NC(=O)C2(O)CC2)s1. The van der Waals surface area contributed by atoms with Crippen LogP contribution in [0.4, 0.5) is 5.00 Å². The lowest BCUT2D eigenvalue weighted by Crippen LogP contribution is -2.29. The first-order valence-electron chi connectivity index (χ1n) is 7.85. The minimum absolute atomic E-state index is 0.0210. The Hall–Kier alpha value is -2.23. The lowest BCUT2D eigenvalue weighted by molar-refractivity contribution is -0.125. The highest BCUT2D eigenvalue weighted by atomic mass is 32.2. The van der Waals surface area contributed by atoms with E-state index in [1.54, 1.807) is 32.0 Å². The number of primary amides is 1. The Labute approximate surface area is 154 Å². The summed E-state index contributed by atoms with van der Waals surface area (Å²) >= 11 is 0.747. The Bertz CT molecular complexity index is 1000. The smallest absolute Gasteiger partial charge is 0.256 e. The van der Waals surface area contributed by atoms with Gasteiger partial charge in [-0.3, -0.25) is 9.59 Å². The molecule has 0 spiro atoms. The van der Waals surface area contributed by atoms with E-state index in [2.05, 4.69) is 5.32 Å². The second kappa shape index (κ2) is 6.19. The molecule has 0 aliphatic heterocycles. The molecule has 0 unspecified atom stereocenters. The molecule has 4 N–H and O–H groups in total. The van der Waals surface area contributed by atoms with Gasteiger partial charge >= 0.3 is 0 Å². The van der Waals surface area contributed by atoms with Gasteiger partial charge in [0.1, 0.15) is 14.8 Å². The van der Waals surface area contributed by atoms with Crippen LogP contribution in [-0.2, 0) is 14.6 Å². The van der Waals surface area contributed by atoms with Gasteiger partial charge in [-0.05, 0) is 43.9 Å². The molecule has 1 aliphatic rings. The minimum Gasteiger partial charge on any atom is -0.380 e. The predicted molar refractivity (Wildman–Crippen MR) is 97.0 cm³/mol. The largest absolute Gasteiger partial charge is 0.380 e. The normalized spacial score (nSPS) is 15.5. The molecule has 0 saturated heterocycles. The maximum Gasteiger partial charge on any atom is 0.256 e. The summed E-state index contributed by atoms with van der Waals surface area (Å²) in [7, 11) is -3.89. The second-order valence-electron chi connectivity index (χ2n) is 6.38. The molecule has 1 heterocycles. The van der Waals surface area contributed by atoms with E-state index in [1.807, 2.05) is 0 Å². The molecule has 138 valence electrons. The fraction of sp³-hybridized carbons (Fsp3) is 0.294. The van der Waals surface area contributed by atoms with Crippen LogP contribution < -0.4 is 11.1 Å². The monoisotopic (exact) mass is 394 g/mol. The number of benzene rings is 1. The van der Waals surface area contributed by atoms with E-state index in [4.69, 9.17) is 5.73 Å². The lowest BCUT2D eigenvalue weighted by Gasteiger charge is -2.09. The summed E-state index contributed by atoms with van der Waals surface area (Å²) < 4.78 is 26.0. The van der Waals surface area contributed by atoms with Crippen LogP contribution in [0.1, 0.15) is 34.3 Å². The van der Waals surface area contributed by atoms with Crippen LogP contribution in [-0.4, -0.2) is 30.9 Å². The summed E-state index contributed by atoms with van der Waals surface area (Å²) in [5.41, 5.74) is 4.94. The van der Waals surface area contributed by atoms with Crippen molar-refractivity contribution in [2.75, 3.05) is 5.32 Å². The van der Waals surface area contributed by atoms with Crippen molar-refractivity contribution in [2.45, 2.75) is 41.4 Å². The van der Waals surface area contributed by atoms with Crippen LogP contribution >= 0.6 is 11.3 Å². The number of amides is 2. The molecule has 0 radical (unpaired) electrons. The van der Waals surface area contributed by atoms with E-state index in [-0.39, 0.29) is 19.7 Å². The van der Waals surface area contributed by atoms with Gasteiger partial charge in [0.25, 0.3) is 11.8 Å². The van der Waals surface area contributed by atoms with Crippen molar-refractivity contribution in [3.05, 3.63) is 41.0 Å². The number of nitrogens with one attached hydrogen (secondary N) is 1. The molecule has 3 rings (SSSR count). The van der Waals surface area contributed by atoms with Gasteiger partial charge in [-0.15, -0.1) is 11.3 Å².